The van der Waals surface area contributed by atoms with Crippen LogP contribution in [0.4, 0.5) is 5.69 Å². The third kappa shape index (κ3) is 5.45. The Morgan fingerprint density at radius 1 is 1.00 bits per heavy atom. The summed E-state index contributed by atoms with van der Waals surface area (Å²) in [7, 11) is -3.35. The summed E-state index contributed by atoms with van der Waals surface area (Å²) >= 11 is 0. The molecule has 0 spiro atoms. The molecule has 0 heterocycles. The fraction of sp³-hybridized carbons (Fsp3) is 0.200. The van der Waals surface area contributed by atoms with Gasteiger partial charge in [-0.15, -0.1) is 0 Å². The zero-order valence-electron chi connectivity index (χ0n) is 11.5. The second-order valence-electron chi connectivity index (χ2n) is 4.56. The first kappa shape index (κ1) is 15.3. The molecule has 0 saturated heterocycles. The Bertz CT molecular complexity index is 655. The molecule has 2 aromatic rings. The summed E-state index contributed by atoms with van der Waals surface area (Å²) in [4.78, 5) is 0. The second-order valence-corrected chi connectivity index (χ2v) is 6.36. The molecular weight excluding hydrogens is 288 g/mol. The Morgan fingerprint density at radius 2 is 1.67 bits per heavy atom. The van der Waals surface area contributed by atoms with Crippen LogP contribution in [-0.4, -0.2) is 21.6 Å². The summed E-state index contributed by atoms with van der Waals surface area (Å²) in [5, 5.41) is 0. The summed E-state index contributed by atoms with van der Waals surface area (Å²) in [6.07, 6.45) is 0. The average molecular weight is 306 g/mol. The van der Waals surface area contributed by atoms with Crippen molar-refractivity contribution in [2.45, 2.75) is 5.75 Å². The van der Waals surface area contributed by atoms with Crippen LogP contribution in [0.5, 0.6) is 5.75 Å². The summed E-state index contributed by atoms with van der Waals surface area (Å²) < 4.78 is 31.7. The number of ether oxygens (including phenoxy) is 1. The molecule has 0 saturated carbocycles. The van der Waals surface area contributed by atoms with Crippen molar-refractivity contribution in [2.24, 2.45) is 0 Å². The lowest BCUT2D eigenvalue weighted by Crippen LogP contribution is -2.29. The van der Waals surface area contributed by atoms with E-state index in [1.54, 1.807) is 36.4 Å². The number of nitrogens with one attached hydrogen (secondary N) is 1. The predicted octanol–water partition coefficient (Wildman–Crippen LogP) is 1.77. The lowest BCUT2D eigenvalue weighted by molar-refractivity contribution is 0.323. The molecule has 3 N–H and O–H groups in total. The molecule has 0 amide bonds. The van der Waals surface area contributed by atoms with Gasteiger partial charge in [0.15, 0.2) is 0 Å². The molecule has 6 heteroatoms. The van der Waals surface area contributed by atoms with Crippen molar-refractivity contribution in [1.29, 1.82) is 0 Å². The van der Waals surface area contributed by atoms with E-state index in [0.717, 1.165) is 5.56 Å². The molecule has 0 atom stereocenters. The molecule has 5 nitrogen and oxygen atoms in total. The van der Waals surface area contributed by atoms with E-state index in [1.165, 1.54) is 0 Å². The molecular formula is C15H18N2O3S. The van der Waals surface area contributed by atoms with Gasteiger partial charge in [-0.2, -0.15) is 0 Å². The highest BCUT2D eigenvalue weighted by atomic mass is 32.2. The van der Waals surface area contributed by atoms with Crippen molar-refractivity contribution in [3.63, 3.8) is 0 Å². The Hall–Kier alpha value is -2.05. The van der Waals surface area contributed by atoms with Crippen LogP contribution < -0.4 is 15.2 Å². The first-order valence-corrected chi connectivity index (χ1v) is 8.20. The Labute approximate surface area is 124 Å². The van der Waals surface area contributed by atoms with Crippen LogP contribution in [0.1, 0.15) is 5.56 Å². The van der Waals surface area contributed by atoms with Gasteiger partial charge in [-0.05, 0) is 29.8 Å². The van der Waals surface area contributed by atoms with Gasteiger partial charge >= 0.3 is 0 Å². The van der Waals surface area contributed by atoms with E-state index in [2.05, 4.69) is 4.72 Å². The molecule has 0 radical (unpaired) electrons. The van der Waals surface area contributed by atoms with Crippen molar-refractivity contribution < 1.29 is 13.2 Å². The third-order valence-electron chi connectivity index (χ3n) is 2.77. The minimum Gasteiger partial charge on any atom is -0.492 e. The number of hydrogen-bond acceptors (Lipinski definition) is 4. The van der Waals surface area contributed by atoms with Crippen LogP contribution in [0.15, 0.2) is 54.6 Å². The third-order valence-corrected chi connectivity index (χ3v) is 4.13. The van der Waals surface area contributed by atoms with Crippen molar-refractivity contribution in [3.05, 3.63) is 60.2 Å². The largest absolute Gasteiger partial charge is 0.492 e. The lowest BCUT2D eigenvalue weighted by Gasteiger charge is -2.08. The van der Waals surface area contributed by atoms with E-state index in [1.807, 2.05) is 18.2 Å². The molecule has 0 aromatic heterocycles. The molecule has 2 aromatic carbocycles. The van der Waals surface area contributed by atoms with Crippen molar-refractivity contribution in [3.8, 4) is 5.75 Å². The zero-order valence-corrected chi connectivity index (χ0v) is 12.3. The van der Waals surface area contributed by atoms with E-state index in [-0.39, 0.29) is 18.9 Å². The molecule has 21 heavy (non-hydrogen) atoms. The normalized spacial score (nSPS) is 11.2. The smallest absolute Gasteiger partial charge is 0.215 e. The monoisotopic (exact) mass is 306 g/mol. The first-order valence-electron chi connectivity index (χ1n) is 6.55. The number of benzene rings is 2. The number of anilines is 1. The summed E-state index contributed by atoms with van der Waals surface area (Å²) in [5.74, 6) is 0.627. The van der Waals surface area contributed by atoms with Crippen molar-refractivity contribution in [1.82, 2.24) is 4.72 Å². The maximum atomic E-state index is 11.9. The quantitative estimate of drug-likeness (QED) is 0.603. The average Bonchev–Trinajstić information content (AvgIpc) is 2.46. The predicted molar refractivity (Wildman–Crippen MR) is 83.4 cm³/mol. The number of sulfonamides is 1. The highest BCUT2D eigenvalue weighted by Gasteiger charge is 2.10. The van der Waals surface area contributed by atoms with Crippen molar-refractivity contribution in [2.75, 3.05) is 18.9 Å². The van der Waals surface area contributed by atoms with E-state index in [4.69, 9.17) is 10.5 Å². The van der Waals surface area contributed by atoms with Gasteiger partial charge in [-0.25, -0.2) is 13.1 Å². The van der Waals surface area contributed by atoms with E-state index < -0.39 is 10.0 Å². The molecule has 112 valence electrons. The van der Waals surface area contributed by atoms with Crippen LogP contribution in [0.25, 0.3) is 0 Å². The van der Waals surface area contributed by atoms with Gasteiger partial charge in [0, 0.05) is 12.2 Å². The van der Waals surface area contributed by atoms with Gasteiger partial charge < -0.3 is 10.5 Å². The van der Waals surface area contributed by atoms with E-state index in [9.17, 15) is 8.42 Å². The maximum absolute atomic E-state index is 11.9. The summed E-state index contributed by atoms with van der Waals surface area (Å²) in [6, 6.07) is 16.0. The molecule has 2 rings (SSSR count). The van der Waals surface area contributed by atoms with Gasteiger partial charge in [0.2, 0.25) is 10.0 Å². The Balaban J connectivity index is 1.76. The van der Waals surface area contributed by atoms with Gasteiger partial charge in [-0.3, -0.25) is 0 Å². The molecule has 0 aliphatic heterocycles. The number of rotatable bonds is 7. The van der Waals surface area contributed by atoms with Gasteiger partial charge in [0.05, 0.1) is 5.75 Å². The Morgan fingerprint density at radius 3 is 2.33 bits per heavy atom. The fourth-order valence-corrected chi connectivity index (χ4v) is 2.90. The van der Waals surface area contributed by atoms with Crippen LogP contribution in [0.2, 0.25) is 0 Å². The molecule has 0 aliphatic carbocycles. The SMILES string of the molecule is Nc1ccc(OCCNS(=O)(=O)Cc2ccccc2)cc1. The Kier molecular flexibility index (Phi) is 5.19. The minimum atomic E-state index is -3.35. The van der Waals surface area contributed by atoms with Gasteiger partial charge in [0.25, 0.3) is 0 Å². The van der Waals surface area contributed by atoms with E-state index in [0.29, 0.717) is 11.4 Å². The topological polar surface area (TPSA) is 81.4 Å². The molecule has 0 unspecified atom stereocenters. The zero-order chi connectivity index (χ0) is 15.1. The fourth-order valence-electron chi connectivity index (χ4n) is 1.77. The minimum absolute atomic E-state index is 0.0320. The van der Waals surface area contributed by atoms with Crippen LogP contribution in [0.3, 0.4) is 0 Å². The highest BCUT2D eigenvalue weighted by molar-refractivity contribution is 7.88. The number of nitrogens with two attached hydrogens (primary N) is 1. The molecule has 0 bridgehead atoms. The van der Waals surface area contributed by atoms with Crippen LogP contribution in [-0.2, 0) is 15.8 Å². The summed E-state index contributed by atoms with van der Waals surface area (Å²) in [5.41, 5.74) is 6.98. The number of nitrogen functional groups attached to an aromatic ring is 1. The molecule has 0 fully saturated rings. The second kappa shape index (κ2) is 7.10. The lowest BCUT2D eigenvalue weighted by atomic mass is 10.2. The van der Waals surface area contributed by atoms with Gasteiger partial charge in [-0.1, -0.05) is 30.3 Å². The van der Waals surface area contributed by atoms with Crippen LogP contribution in [0, 0.1) is 0 Å². The first-order chi connectivity index (χ1) is 10.1. The van der Waals surface area contributed by atoms with E-state index >= 15 is 0 Å². The van der Waals surface area contributed by atoms with Crippen molar-refractivity contribution >= 4 is 15.7 Å². The standard InChI is InChI=1S/C15H18N2O3S/c16-14-6-8-15(9-7-14)20-11-10-17-21(18,19)12-13-4-2-1-3-5-13/h1-9,17H,10-12,16H2. The van der Waals surface area contributed by atoms with Crippen LogP contribution >= 0.6 is 0 Å². The highest BCUT2D eigenvalue weighted by Crippen LogP contribution is 2.12. The summed E-state index contributed by atoms with van der Waals surface area (Å²) in [6.45, 7) is 0.484. The number of hydrogen-bond donors (Lipinski definition) is 2. The van der Waals surface area contributed by atoms with Gasteiger partial charge in [0.1, 0.15) is 12.4 Å². The molecule has 0 aliphatic rings. The maximum Gasteiger partial charge on any atom is 0.215 e.